The third-order valence-corrected chi connectivity index (χ3v) is 5.32. The standard InChI is InChI=1S/C11H15S.HI/c1-10-6-5-9-12(10)11-7-3-2-4-8-11;/h2-4,7-8,10H,5-6,9H2,1H3;1H/q+1;/p-1/t10-,12?;/m0./s1. The first kappa shape index (κ1) is 11.4. The van der Waals surface area contributed by atoms with Crippen molar-refractivity contribution in [3.63, 3.8) is 0 Å². The minimum absolute atomic E-state index is 0. The average Bonchev–Trinajstić information content (AvgIpc) is 2.53. The van der Waals surface area contributed by atoms with E-state index in [1.807, 2.05) is 0 Å². The Kier molecular flexibility index (Phi) is 4.59. The van der Waals surface area contributed by atoms with Gasteiger partial charge in [0.2, 0.25) is 0 Å². The van der Waals surface area contributed by atoms with Crippen LogP contribution in [0.1, 0.15) is 19.8 Å². The van der Waals surface area contributed by atoms with Crippen molar-refractivity contribution >= 4 is 10.9 Å². The summed E-state index contributed by atoms with van der Waals surface area (Å²) in [6.45, 7) is 2.39. The molecule has 1 unspecified atom stereocenters. The zero-order valence-corrected chi connectivity index (χ0v) is 10.8. The van der Waals surface area contributed by atoms with Gasteiger partial charge in [0.15, 0.2) is 4.90 Å². The summed E-state index contributed by atoms with van der Waals surface area (Å²) in [5.74, 6) is 1.42. The maximum atomic E-state index is 2.39. The second kappa shape index (κ2) is 5.25. The summed E-state index contributed by atoms with van der Waals surface area (Å²) in [7, 11) is 0.565. The molecule has 0 aliphatic carbocycles. The molecule has 1 heterocycles. The van der Waals surface area contributed by atoms with Gasteiger partial charge in [-0.05, 0) is 31.9 Å². The fraction of sp³-hybridized carbons (Fsp3) is 0.455. The van der Waals surface area contributed by atoms with Gasteiger partial charge in [-0.1, -0.05) is 18.2 Å². The molecule has 2 rings (SSSR count). The highest BCUT2D eigenvalue weighted by Crippen LogP contribution is 2.28. The van der Waals surface area contributed by atoms with Gasteiger partial charge in [0.1, 0.15) is 11.0 Å². The van der Waals surface area contributed by atoms with Gasteiger partial charge in [-0.2, -0.15) is 0 Å². The summed E-state index contributed by atoms with van der Waals surface area (Å²) in [4.78, 5) is 1.57. The zero-order chi connectivity index (χ0) is 8.39. The van der Waals surface area contributed by atoms with Crippen LogP contribution in [0.3, 0.4) is 0 Å². The van der Waals surface area contributed by atoms with Gasteiger partial charge in [0.05, 0.1) is 0 Å². The van der Waals surface area contributed by atoms with E-state index >= 15 is 0 Å². The van der Waals surface area contributed by atoms with Crippen LogP contribution >= 0.6 is 0 Å². The van der Waals surface area contributed by atoms with E-state index in [-0.39, 0.29) is 24.0 Å². The van der Waals surface area contributed by atoms with Crippen molar-refractivity contribution in [3.05, 3.63) is 30.3 Å². The highest BCUT2D eigenvalue weighted by atomic mass is 127. The largest absolute Gasteiger partial charge is 1.00 e. The van der Waals surface area contributed by atoms with Gasteiger partial charge in [0, 0.05) is 10.9 Å². The molecule has 1 aromatic carbocycles. The third-order valence-electron chi connectivity index (χ3n) is 2.51. The van der Waals surface area contributed by atoms with Gasteiger partial charge in [0.25, 0.3) is 0 Å². The van der Waals surface area contributed by atoms with Crippen LogP contribution in [0.15, 0.2) is 35.2 Å². The van der Waals surface area contributed by atoms with Gasteiger partial charge >= 0.3 is 0 Å². The Morgan fingerprint density at radius 1 is 1.23 bits per heavy atom. The van der Waals surface area contributed by atoms with Crippen molar-refractivity contribution in [2.75, 3.05) is 5.75 Å². The summed E-state index contributed by atoms with van der Waals surface area (Å²) in [6, 6.07) is 11.0. The number of hydrogen-bond acceptors (Lipinski definition) is 0. The summed E-state index contributed by atoms with van der Waals surface area (Å²) >= 11 is 0. The lowest BCUT2D eigenvalue weighted by Crippen LogP contribution is -3.00. The van der Waals surface area contributed by atoms with E-state index in [1.54, 1.807) is 4.90 Å². The molecular formula is C11H15IS. The summed E-state index contributed by atoms with van der Waals surface area (Å²) < 4.78 is 0. The lowest BCUT2D eigenvalue weighted by molar-refractivity contribution is -0.00000248. The van der Waals surface area contributed by atoms with Gasteiger partial charge < -0.3 is 24.0 Å². The van der Waals surface area contributed by atoms with Crippen molar-refractivity contribution in [2.45, 2.75) is 29.9 Å². The van der Waals surface area contributed by atoms with Crippen LogP contribution in [-0.2, 0) is 10.9 Å². The van der Waals surface area contributed by atoms with Crippen LogP contribution in [0.4, 0.5) is 0 Å². The van der Waals surface area contributed by atoms with E-state index in [9.17, 15) is 0 Å². The molecule has 1 aliphatic heterocycles. The van der Waals surface area contributed by atoms with Crippen LogP contribution in [0.25, 0.3) is 0 Å². The molecule has 0 N–H and O–H groups in total. The number of benzene rings is 1. The second-order valence-corrected chi connectivity index (χ2v) is 5.94. The van der Waals surface area contributed by atoms with Gasteiger partial charge in [-0.3, -0.25) is 0 Å². The molecule has 0 saturated carbocycles. The van der Waals surface area contributed by atoms with Crippen LogP contribution < -0.4 is 24.0 Å². The van der Waals surface area contributed by atoms with Crippen molar-refractivity contribution in [3.8, 4) is 0 Å². The molecule has 2 atom stereocenters. The molecule has 2 heteroatoms. The van der Waals surface area contributed by atoms with E-state index in [4.69, 9.17) is 0 Å². The minimum atomic E-state index is 0. The van der Waals surface area contributed by atoms with Crippen molar-refractivity contribution in [1.82, 2.24) is 0 Å². The highest BCUT2D eigenvalue weighted by molar-refractivity contribution is 7.97. The fourth-order valence-electron chi connectivity index (χ4n) is 1.82. The monoisotopic (exact) mass is 306 g/mol. The fourth-order valence-corrected chi connectivity index (χ4v) is 4.35. The molecule has 1 aliphatic rings. The molecule has 13 heavy (non-hydrogen) atoms. The Morgan fingerprint density at radius 3 is 2.46 bits per heavy atom. The lowest BCUT2D eigenvalue weighted by Gasteiger charge is -2.04. The molecule has 1 saturated heterocycles. The van der Waals surface area contributed by atoms with Gasteiger partial charge in [-0.15, -0.1) is 0 Å². The maximum Gasteiger partial charge on any atom is 0.155 e. The van der Waals surface area contributed by atoms with Crippen molar-refractivity contribution < 1.29 is 24.0 Å². The summed E-state index contributed by atoms with van der Waals surface area (Å²) in [5.41, 5.74) is 0. The molecule has 0 bridgehead atoms. The first-order chi connectivity index (χ1) is 5.88. The summed E-state index contributed by atoms with van der Waals surface area (Å²) in [6.07, 6.45) is 2.86. The smallest absolute Gasteiger partial charge is 0.155 e. The Bertz CT molecular complexity index is 248. The molecule has 0 nitrogen and oxygen atoms in total. The minimum Gasteiger partial charge on any atom is -1.00 e. The molecule has 0 spiro atoms. The molecule has 72 valence electrons. The zero-order valence-electron chi connectivity index (χ0n) is 7.87. The first-order valence-electron chi connectivity index (χ1n) is 4.62. The lowest BCUT2D eigenvalue weighted by atomic mass is 10.3. The third kappa shape index (κ3) is 2.62. The molecular weight excluding hydrogens is 291 g/mol. The molecule has 1 fully saturated rings. The molecule has 0 aromatic heterocycles. The number of rotatable bonds is 1. The van der Waals surface area contributed by atoms with E-state index < -0.39 is 0 Å². The quantitative estimate of drug-likeness (QED) is 0.500. The Labute approximate surface area is 100 Å². The average molecular weight is 306 g/mol. The number of halogens is 1. The van der Waals surface area contributed by atoms with Crippen molar-refractivity contribution in [2.24, 2.45) is 0 Å². The topological polar surface area (TPSA) is 0 Å². The molecule has 0 amide bonds. The summed E-state index contributed by atoms with van der Waals surface area (Å²) in [5, 5.41) is 0.924. The Balaban J connectivity index is 0.000000845. The van der Waals surface area contributed by atoms with Gasteiger partial charge in [-0.25, -0.2) is 0 Å². The predicted molar refractivity (Wildman–Crippen MR) is 55.6 cm³/mol. The molecule has 1 aromatic rings. The van der Waals surface area contributed by atoms with Crippen LogP contribution in [0, 0.1) is 0 Å². The van der Waals surface area contributed by atoms with Crippen LogP contribution in [0.2, 0.25) is 0 Å². The van der Waals surface area contributed by atoms with Crippen LogP contribution in [-0.4, -0.2) is 11.0 Å². The van der Waals surface area contributed by atoms with E-state index in [1.165, 1.54) is 18.6 Å². The normalized spacial score (nSPS) is 26.8. The van der Waals surface area contributed by atoms with E-state index in [0.29, 0.717) is 10.9 Å². The predicted octanol–water partition coefficient (Wildman–Crippen LogP) is -0.150. The van der Waals surface area contributed by atoms with Crippen molar-refractivity contribution in [1.29, 1.82) is 0 Å². The second-order valence-electron chi connectivity index (χ2n) is 3.40. The van der Waals surface area contributed by atoms with Crippen LogP contribution in [0.5, 0.6) is 0 Å². The number of hydrogen-bond donors (Lipinski definition) is 0. The SMILES string of the molecule is C[C@H]1CCC[S+]1c1ccccc1.[I-]. The Hall–Kier alpha value is 0.300. The first-order valence-corrected chi connectivity index (χ1v) is 6.08. The Morgan fingerprint density at radius 2 is 1.92 bits per heavy atom. The maximum absolute atomic E-state index is 2.39. The van der Waals surface area contributed by atoms with E-state index in [2.05, 4.69) is 37.3 Å². The van der Waals surface area contributed by atoms with E-state index in [0.717, 1.165) is 5.25 Å². The molecule has 0 radical (unpaired) electrons. The highest BCUT2D eigenvalue weighted by Gasteiger charge is 2.34.